The minimum Gasteiger partial charge on any atom is -0.479 e. The Balaban J connectivity index is 1.63. The van der Waals surface area contributed by atoms with Crippen LogP contribution in [0.5, 0.6) is 0 Å². The van der Waals surface area contributed by atoms with Crippen molar-refractivity contribution in [2.24, 2.45) is 4.99 Å². The highest BCUT2D eigenvalue weighted by atomic mass is 16.5. The maximum absolute atomic E-state index is 5.40. The van der Waals surface area contributed by atoms with Crippen LogP contribution >= 0.6 is 0 Å². The molecule has 3 heteroatoms. The fourth-order valence-corrected chi connectivity index (χ4v) is 3.65. The standard InChI is InChI=1S/C23H46N2O/c1-2-3-4-5-6-7-8-9-10-11-12-13-14-15-16-17-19-24-20-18-23-25-21-22-26-23/h24H,2-22H2,1H3. The Morgan fingerprint density at radius 3 is 1.65 bits per heavy atom. The monoisotopic (exact) mass is 366 g/mol. The third-order valence-electron chi connectivity index (χ3n) is 5.37. The van der Waals surface area contributed by atoms with Crippen LogP contribution < -0.4 is 5.32 Å². The average molecular weight is 367 g/mol. The van der Waals surface area contributed by atoms with Crippen LogP contribution in [0.25, 0.3) is 0 Å². The van der Waals surface area contributed by atoms with Crippen LogP contribution in [0, 0.1) is 0 Å². The van der Waals surface area contributed by atoms with Crippen molar-refractivity contribution in [3.05, 3.63) is 0 Å². The van der Waals surface area contributed by atoms with Crippen molar-refractivity contribution in [3.63, 3.8) is 0 Å². The van der Waals surface area contributed by atoms with Gasteiger partial charge in [0.25, 0.3) is 0 Å². The van der Waals surface area contributed by atoms with E-state index >= 15 is 0 Å². The smallest absolute Gasteiger partial charge is 0.184 e. The SMILES string of the molecule is CCCCCCCCCCCCCCCCCCNCCC1=NCCO1. The Kier molecular flexibility index (Phi) is 17.3. The number of hydrogen-bond acceptors (Lipinski definition) is 3. The maximum Gasteiger partial charge on any atom is 0.184 e. The first kappa shape index (κ1) is 23.5. The first-order chi connectivity index (χ1) is 12.9. The molecule has 0 aromatic carbocycles. The molecule has 0 aromatic rings. The number of unbranched alkanes of at least 4 members (excludes halogenated alkanes) is 15. The molecule has 1 rings (SSSR count). The summed E-state index contributed by atoms with van der Waals surface area (Å²) in [7, 11) is 0. The Labute approximate surface area is 163 Å². The minimum atomic E-state index is 0.786. The highest BCUT2D eigenvalue weighted by molar-refractivity contribution is 5.77. The molecule has 0 saturated carbocycles. The van der Waals surface area contributed by atoms with Crippen molar-refractivity contribution in [2.75, 3.05) is 26.2 Å². The van der Waals surface area contributed by atoms with E-state index in [1.807, 2.05) is 0 Å². The molecule has 0 saturated heterocycles. The van der Waals surface area contributed by atoms with Crippen molar-refractivity contribution >= 4 is 5.90 Å². The van der Waals surface area contributed by atoms with Crippen molar-refractivity contribution in [1.82, 2.24) is 5.32 Å². The molecule has 0 amide bonds. The molecule has 0 atom stereocenters. The van der Waals surface area contributed by atoms with E-state index in [4.69, 9.17) is 4.74 Å². The largest absolute Gasteiger partial charge is 0.479 e. The van der Waals surface area contributed by atoms with Gasteiger partial charge >= 0.3 is 0 Å². The second-order valence-electron chi connectivity index (χ2n) is 7.93. The number of aliphatic imine (C=N–C) groups is 1. The van der Waals surface area contributed by atoms with Crippen molar-refractivity contribution in [2.45, 2.75) is 116 Å². The summed E-state index contributed by atoms with van der Waals surface area (Å²) in [4.78, 5) is 4.31. The average Bonchev–Trinajstić information content (AvgIpc) is 3.17. The van der Waals surface area contributed by atoms with E-state index in [-0.39, 0.29) is 0 Å². The van der Waals surface area contributed by atoms with Gasteiger partial charge in [0.05, 0.1) is 6.54 Å². The van der Waals surface area contributed by atoms with Crippen LogP contribution in [-0.4, -0.2) is 32.1 Å². The van der Waals surface area contributed by atoms with E-state index in [0.29, 0.717) is 0 Å². The summed E-state index contributed by atoms with van der Waals surface area (Å²) < 4.78 is 5.40. The van der Waals surface area contributed by atoms with E-state index in [0.717, 1.165) is 38.6 Å². The van der Waals surface area contributed by atoms with Crippen LogP contribution in [0.15, 0.2) is 4.99 Å². The number of nitrogens with one attached hydrogen (secondary N) is 1. The van der Waals surface area contributed by atoms with Gasteiger partial charge < -0.3 is 10.1 Å². The molecule has 26 heavy (non-hydrogen) atoms. The lowest BCUT2D eigenvalue weighted by atomic mass is 10.0. The zero-order valence-corrected chi connectivity index (χ0v) is 17.7. The van der Waals surface area contributed by atoms with E-state index in [1.165, 1.54) is 103 Å². The molecule has 0 unspecified atom stereocenters. The second kappa shape index (κ2) is 19.2. The van der Waals surface area contributed by atoms with Gasteiger partial charge in [0.2, 0.25) is 0 Å². The van der Waals surface area contributed by atoms with Crippen LogP contribution in [-0.2, 0) is 4.74 Å². The van der Waals surface area contributed by atoms with Crippen LogP contribution in [0.1, 0.15) is 116 Å². The third-order valence-corrected chi connectivity index (χ3v) is 5.37. The molecule has 1 aliphatic heterocycles. The fraction of sp³-hybridized carbons (Fsp3) is 0.957. The molecule has 1 aliphatic rings. The molecule has 0 fully saturated rings. The molecule has 154 valence electrons. The molecular weight excluding hydrogens is 320 g/mol. The first-order valence-electron chi connectivity index (χ1n) is 11.8. The number of hydrogen-bond donors (Lipinski definition) is 1. The van der Waals surface area contributed by atoms with Gasteiger partial charge in [-0.25, -0.2) is 0 Å². The predicted octanol–water partition coefficient (Wildman–Crippen LogP) is 6.66. The summed E-state index contributed by atoms with van der Waals surface area (Å²) in [5.41, 5.74) is 0. The zero-order chi connectivity index (χ0) is 18.5. The Morgan fingerprint density at radius 2 is 1.19 bits per heavy atom. The maximum atomic E-state index is 5.40. The normalized spacial score (nSPS) is 13.8. The molecule has 0 radical (unpaired) electrons. The van der Waals surface area contributed by atoms with Gasteiger partial charge in [0, 0.05) is 13.0 Å². The summed E-state index contributed by atoms with van der Waals surface area (Å²) in [6, 6.07) is 0. The number of nitrogens with zero attached hydrogens (tertiary/aromatic N) is 1. The van der Waals surface area contributed by atoms with E-state index < -0.39 is 0 Å². The molecule has 0 bridgehead atoms. The van der Waals surface area contributed by atoms with Crippen LogP contribution in [0.2, 0.25) is 0 Å². The summed E-state index contributed by atoms with van der Waals surface area (Å²) in [5, 5.41) is 3.50. The van der Waals surface area contributed by atoms with E-state index in [2.05, 4.69) is 17.2 Å². The zero-order valence-electron chi connectivity index (χ0n) is 17.7. The highest BCUT2D eigenvalue weighted by Crippen LogP contribution is 2.13. The third kappa shape index (κ3) is 15.7. The van der Waals surface area contributed by atoms with Crippen LogP contribution in [0.4, 0.5) is 0 Å². The molecule has 0 aromatic heterocycles. The summed E-state index contributed by atoms with van der Waals surface area (Å²) in [6.07, 6.45) is 23.9. The summed E-state index contributed by atoms with van der Waals surface area (Å²) in [6.45, 7) is 6.09. The fourth-order valence-electron chi connectivity index (χ4n) is 3.65. The summed E-state index contributed by atoms with van der Waals surface area (Å²) in [5.74, 6) is 0.949. The molecule has 1 heterocycles. The molecule has 1 N–H and O–H groups in total. The lowest BCUT2D eigenvalue weighted by molar-refractivity contribution is 0.337. The number of ether oxygens (including phenoxy) is 1. The highest BCUT2D eigenvalue weighted by Gasteiger charge is 2.05. The van der Waals surface area contributed by atoms with Gasteiger partial charge in [-0.2, -0.15) is 0 Å². The minimum absolute atomic E-state index is 0.786. The number of rotatable bonds is 20. The van der Waals surface area contributed by atoms with Crippen LogP contribution in [0.3, 0.4) is 0 Å². The predicted molar refractivity (Wildman–Crippen MR) is 115 cm³/mol. The second-order valence-corrected chi connectivity index (χ2v) is 7.93. The lowest BCUT2D eigenvalue weighted by Crippen LogP contribution is -2.19. The van der Waals surface area contributed by atoms with E-state index in [9.17, 15) is 0 Å². The lowest BCUT2D eigenvalue weighted by Gasteiger charge is -2.05. The molecule has 3 nitrogen and oxygen atoms in total. The van der Waals surface area contributed by atoms with Gasteiger partial charge in [0.1, 0.15) is 6.61 Å². The summed E-state index contributed by atoms with van der Waals surface area (Å²) >= 11 is 0. The van der Waals surface area contributed by atoms with Crippen molar-refractivity contribution in [3.8, 4) is 0 Å². The Bertz CT molecular complexity index is 317. The molecule has 0 spiro atoms. The quantitative estimate of drug-likeness (QED) is 0.244. The van der Waals surface area contributed by atoms with E-state index in [1.54, 1.807) is 0 Å². The Hall–Kier alpha value is -0.570. The molecule has 0 aliphatic carbocycles. The van der Waals surface area contributed by atoms with Gasteiger partial charge in [-0.05, 0) is 13.0 Å². The first-order valence-corrected chi connectivity index (χ1v) is 11.8. The van der Waals surface area contributed by atoms with Gasteiger partial charge in [-0.3, -0.25) is 4.99 Å². The van der Waals surface area contributed by atoms with Gasteiger partial charge in [0.15, 0.2) is 5.90 Å². The Morgan fingerprint density at radius 1 is 0.692 bits per heavy atom. The van der Waals surface area contributed by atoms with Crippen molar-refractivity contribution in [1.29, 1.82) is 0 Å². The van der Waals surface area contributed by atoms with Crippen molar-refractivity contribution < 1.29 is 4.74 Å². The van der Waals surface area contributed by atoms with Gasteiger partial charge in [-0.15, -0.1) is 0 Å². The topological polar surface area (TPSA) is 33.6 Å². The molecular formula is C23H46N2O. The van der Waals surface area contributed by atoms with Gasteiger partial charge in [-0.1, -0.05) is 103 Å².